The summed E-state index contributed by atoms with van der Waals surface area (Å²) in [5.74, 6) is -0.180. The summed E-state index contributed by atoms with van der Waals surface area (Å²) in [6.07, 6.45) is -0.571. The zero-order valence-electron chi connectivity index (χ0n) is 13.4. The molecule has 0 fully saturated rings. The van der Waals surface area contributed by atoms with Crippen LogP contribution in [0.5, 0.6) is 5.75 Å². The molecule has 2 aromatic rings. The zero-order valence-corrected chi connectivity index (χ0v) is 14.2. The number of hydrogen-bond donors (Lipinski definition) is 1. The van der Waals surface area contributed by atoms with E-state index in [-0.39, 0.29) is 5.69 Å². The van der Waals surface area contributed by atoms with E-state index >= 15 is 0 Å². The first-order chi connectivity index (χ1) is 10.7. The normalized spacial score (nSPS) is 11.0. The van der Waals surface area contributed by atoms with Crippen LogP contribution in [-0.4, -0.2) is 22.6 Å². The highest BCUT2D eigenvalue weighted by Gasteiger charge is 2.17. The van der Waals surface area contributed by atoms with E-state index in [0.717, 1.165) is 5.56 Å². The van der Waals surface area contributed by atoms with Crippen LogP contribution in [-0.2, 0) is 4.74 Å². The van der Waals surface area contributed by atoms with Crippen molar-refractivity contribution >= 4 is 29.1 Å². The van der Waals surface area contributed by atoms with Crippen molar-refractivity contribution in [2.24, 2.45) is 0 Å². The van der Waals surface area contributed by atoms with Gasteiger partial charge in [-0.1, -0.05) is 6.07 Å². The summed E-state index contributed by atoms with van der Waals surface area (Å²) in [6, 6.07) is 5.03. The average molecular weight is 334 g/mol. The number of anilines is 1. The molecule has 0 spiro atoms. The number of amides is 1. The van der Waals surface area contributed by atoms with Crippen LogP contribution in [0.4, 0.5) is 10.5 Å². The molecule has 6 nitrogen and oxygen atoms in total. The van der Waals surface area contributed by atoms with Gasteiger partial charge in [-0.15, -0.1) is 11.3 Å². The Morgan fingerprint density at radius 3 is 2.61 bits per heavy atom. The minimum Gasteiger partial charge on any atom is -0.444 e. The van der Waals surface area contributed by atoms with Gasteiger partial charge < -0.3 is 9.47 Å². The molecule has 7 heteroatoms. The molecule has 0 aliphatic heterocycles. The van der Waals surface area contributed by atoms with Crippen LogP contribution >= 0.6 is 11.3 Å². The molecule has 0 saturated carbocycles. The number of carbonyl (C=O) groups excluding carboxylic acids is 2. The predicted molar refractivity (Wildman–Crippen MR) is 88.1 cm³/mol. The summed E-state index contributed by atoms with van der Waals surface area (Å²) >= 11 is 1.31. The van der Waals surface area contributed by atoms with Crippen molar-refractivity contribution in [3.63, 3.8) is 0 Å². The van der Waals surface area contributed by atoms with Crippen molar-refractivity contribution in [2.75, 3.05) is 5.32 Å². The third-order valence-electron chi connectivity index (χ3n) is 2.68. The number of hydrogen-bond acceptors (Lipinski definition) is 6. The number of aryl methyl sites for hydroxylation is 1. The van der Waals surface area contributed by atoms with Crippen LogP contribution in [0.1, 0.15) is 36.8 Å². The molecule has 0 bridgehead atoms. The van der Waals surface area contributed by atoms with E-state index in [9.17, 15) is 9.59 Å². The molecule has 1 heterocycles. The molecule has 1 aromatic carbocycles. The lowest BCUT2D eigenvalue weighted by Crippen LogP contribution is -2.27. The Kier molecular flexibility index (Phi) is 5.00. The number of nitrogens with zero attached hydrogens (tertiary/aromatic N) is 1. The maximum absolute atomic E-state index is 12.0. The fourth-order valence-electron chi connectivity index (χ4n) is 1.67. The minimum atomic E-state index is -0.589. The molecule has 1 amide bonds. The second kappa shape index (κ2) is 6.78. The molecular weight excluding hydrogens is 316 g/mol. The largest absolute Gasteiger partial charge is 0.444 e. The average Bonchev–Trinajstić information content (AvgIpc) is 2.94. The topological polar surface area (TPSA) is 77.5 Å². The minimum absolute atomic E-state index is 0.250. The van der Waals surface area contributed by atoms with Crippen molar-refractivity contribution < 1.29 is 19.1 Å². The first kappa shape index (κ1) is 17.0. The van der Waals surface area contributed by atoms with Gasteiger partial charge in [-0.05, 0) is 39.3 Å². The van der Waals surface area contributed by atoms with Gasteiger partial charge in [0.05, 0.1) is 5.51 Å². The summed E-state index contributed by atoms with van der Waals surface area (Å²) in [5.41, 5.74) is 2.47. The van der Waals surface area contributed by atoms with Crippen molar-refractivity contribution in [1.82, 2.24) is 4.98 Å². The summed E-state index contributed by atoms with van der Waals surface area (Å²) in [7, 11) is 0. The maximum Gasteiger partial charge on any atom is 0.412 e. The number of aromatic nitrogens is 1. The van der Waals surface area contributed by atoms with Crippen molar-refractivity contribution in [3.8, 4) is 5.75 Å². The Hall–Kier alpha value is -2.41. The predicted octanol–water partition coefficient (Wildman–Crippen LogP) is 4.02. The molecule has 0 atom stereocenters. The van der Waals surface area contributed by atoms with Crippen LogP contribution in [0, 0.1) is 6.92 Å². The van der Waals surface area contributed by atoms with E-state index in [1.807, 2.05) is 0 Å². The number of nitrogens with one attached hydrogen (secondary N) is 1. The number of ether oxygens (including phenoxy) is 2. The van der Waals surface area contributed by atoms with Gasteiger partial charge in [-0.3, -0.25) is 5.32 Å². The third-order valence-corrected chi connectivity index (χ3v) is 3.26. The first-order valence-corrected chi connectivity index (χ1v) is 7.90. The fourth-order valence-corrected chi connectivity index (χ4v) is 2.20. The molecule has 122 valence electrons. The van der Waals surface area contributed by atoms with Crippen LogP contribution in [0.2, 0.25) is 0 Å². The van der Waals surface area contributed by atoms with Crippen LogP contribution in [0.3, 0.4) is 0 Å². The second-order valence-corrected chi connectivity index (χ2v) is 6.59. The molecule has 1 N–H and O–H groups in total. The summed E-state index contributed by atoms with van der Waals surface area (Å²) in [4.78, 5) is 27.6. The highest BCUT2D eigenvalue weighted by atomic mass is 32.1. The lowest BCUT2D eigenvalue weighted by Gasteiger charge is -2.20. The van der Waals surface area contributed by atoms with Gasteiger partial charge in [0.25, 0.3) is 0 Å². The van der Waals surface area contributed by atoms with Gasteiger partial charge in [0.15, 0.2) is 5.69 Å². The molecule has 0 aliphatic carbocycles. The number of benzene rings is 1. The van der Waals surface area contributed by atoms with Gasteiger partial charge in [0.1, 0.15) is 11.4 Å². The molecule has 0 aliphatic rings. The van der Waals surface area contributed by atoms with E-state index in [0.29, 0.717) is 11.4 Å². The number of rotatable bonds is 3. The van der Waals surface area contributed by atoms with E-state index < -0.39 is 17.7 Å². The Bertz CT molecular complexity index is 705. The molecule has 2 rings (SSSR count). The summed E-state index contributed by atoms with van der Waals surface area (Å²) in [5, 5.41) is 4.22. The van der Waals surface area contributed by atoms with E-state index in [1.165, 1.54) is 11.3 Å². The van der Waals surface area contributed by atoms with E-state index in [2.05, 4.69) is 10.3 Å². The number of thiazole rings is 1. The van der Waals surface area contributed by atoms with Crippen LogP contribution in [0.25, 0.3) is 0 Å². The Balaban J connectivity index is 2.10. The molecule has 0 unspecified atom stereocenters. The molecule has 0 saturated heterocycles. The molecular formula is C16H18N2O4S. The standard InChI is InChI=1S/C16H18N2O4S/c1-10-5-6-11(18-15(20)22-16(2,3)4)7-13(10)21-14(19)12-8-23-9-17-12/h5-9H,1-4H3,(H,18,20). The first-order valence-electron chi connectivity index (χ1n) is 6.95. The molecule has 0 radical (unpaired) electrons. The Labute approximate surface area is 138 Å². The lowest BCUT2D eigenvalue weighted by molar-refractivity contribution is 0.0635. The monoisotopic (exact) mass is 334 g/mol. The van der Waals surface area contributed by atoms with Crippen molar-refractivity contribution in [2.45, 2.75) is 33.3 Å². The van der Waals surface area contributed by atoms with Gasteiger partial charge in [0.2, 0.25) is 0 Å². The van der Waals surface area contributed by atoms with Gasteiger partial charge >= 0.3 is 12.1 Å². The lowest BCUT2D eigenvalue weighted by atomic mass is 10.2. The highest BCUT2D eigenvalue weighted by molar-refractivity contribution is 7.07. The number of carbonyl (C=O) groups is 2. The second-order valence-electron chi connectivity index (χ2n) is 5.87. The maximum atomic E-state index is 12.0. The number of esters is 1. The van der Waals surface area contributed by atoms with Gasteiger partial charge in [-0.2, -0.15) is 0 Å². The SMILES string of the molecule is Cc1ccc(NC(=O)OC(C)(C)C)cc1OC(=O)c1cscn1. The van der Waals surface area contributed by atoms with Crippen molar-refractivity contribution in [3.05, 3.63) is 40.3 Å². The fraction of sp³-hybridized carbons (Fsp3) is 0.312. The van der Waals surface area contributed by atoms with Gasteiger partial charge in [-0.25, -0.2) is 14.6 Å². The molecule has 23 heavy (non-hydrogen) atoms. The Morgan fingerprint density at radius 2 is 2.00 bits per heavy atom. The van der Waals surface area contributed by atoms with Crippen LogP contribution < -0.4 is 10.1 Å². The third kappa shape index (κ3) is 5.07. The molecule has 1 aromatic heterocycles. The smallest absolute Gasteiger partial charge is 0.412 e. The van der Waals surface area contributed by atoms with Crippen LogP contribution in [0.15, 0.2) is 29.1 Å². The summed E-state index contributed by atoms with van der Waals surface area (Å²) < 4.78 is 10.5. The zero-order chi connectivity index (χ0) is 17.0. The quantitative estimate of drug-likeness (QED) is 0.677. The van der Waals surface area contributed by atoms with Gasteiger partial charge in [0, 0.05) is 17.1 Å². The summed E-state index contributed by atoms with van der Waals surface area (Å²) in [6.45, 7) is 7.15. The van der Waals surface area contributed by atoms with Crippen molar-refractivity contribution in [1.29, 1.82) is 0 Å². The van der Waals surface area contributed by atoms with E-state index in [1.54, 1.807) is 56.8 Å². The van der Waals surface area contributed by atoms with E-state index in [4.69, 9.17) is 9.47 Å². The highest BCUT2D eigenvalue weighted by Crippen LogP contribution is 2.24. The Morgan fingerprint density at radius 1 is 1.26 bits per heavy atom.